The molecule has 0 aromatic heterocycles. The lowest BCUT2D eigenvalue weighted by molar-refractivity contribution is 0.419. The van der Waals surface area contributed by atoms with Crippen molar-refractivity contribution in [2.24, 2.45) is 11.8 Å². The Morgan fingerprint density at radius 2 is 1.95 bits per heavy atom. The van der Waals surface area contributed by atoms with Gasteiger partial charge in [0, 0.05) is 11.0 Å². The standard InChI is InChI=1S/C15H18BrF2N/c1-9-3-10(2)5-11(4-9)8-19-15-13(17)6-12(16)7-14(15)18/h3,6-7,9,11,19H,4-5,8H2,1-2H3. The van der Waals surface area contributed by atoms with Crippen molar-refractivity contribution < 1.29 is 8.78 Å². The van der Waals surface area contributed by atoms with Crippen LogP contribution in [0, 0.1) is 23.5 Å². The van der Waals surface area contributed by atoms with E-state index in [4.69, 9.17) is 0 Å². The van der Waals surface area contributed by atoms with E-state index in [-0.39, 0.29) is 5.69 Å². The quantitative estimate of drug-likeness (QED) is 0.758. The molecule has 2 atom stereocenters. The van der Waals surface area contributed by atoms with Gasteiger partial charge in [-0.25, -0.2) is 8.78 Å². The summed E-state index contributed by atoms with van der Waals surface area (Å²) in [7, 11) is 0. The van der Waals surface area contributed by atoms with E-state index in [1.54, 1.807) is 0 Å². The van der Waals surface area contributed by atoms with Crippen LogP contribution in [0.5, 0.6) is 0 Å². The van der Waals surface area contributed by atoms with Gasteiger partial charge in [-0.1, -0.05) is 34.5 Å². The van der Waals surface area contributed by atoms with Gasteiger partial charge in [-0.3, -0.25) is 0 Å². The van der Waals surface area contributed by atoms with Crippen LogP contribution in [0.3, 0.4) is 0 Å². The molecule has 104 valence electrons. The molecule has 1 aromatic carbocycles. The van der Waals surface area contributed by atoms with E-state index in [0.717, 1.165) is 12.8 Å². The van der Waals surface area contributed by atoms with Crippen LogP contribution >= 0.6 is 15.9 Å². The molecule has 0 radical (unpaired) electrons. The molecule has 19 heavy (non-hydrogen) atoms. The zero-order chi connectivity index (χ0) is 14.0. The Labute approximate surface area is 121 Å². The maximum absolute atomic E-state index is 13.7. The largest absolute Gasteiger partial charge is 0.380 e. The second-order valence-corrected chi connectivity index (χ2v) is 6.34. The number of hydrogen-bond acceptors (Lipinski definition) is 1. The highest BCUT2D eigenvalue weighted by atomic mass is 79.9. The van der Waals surface area contributed by atoms with Crippen molar-refractivity contribution in [2.45, 2.75) is 26.7 Å². The van der Waals surface area contributed by atoms with Crippen LogP contribution in [-0.2, 0) is 0 Å². The van der Waals surface area contributed by atoms with Crippen LogP contribution in [-0.4, -0.2) is 6.54 Å². The van der Waals surface area contributed by atoms with Crippen molar-refractivity contribution in [1.82, 2.24) is 0 Å². The van der Waals surface area contributed by atoms with Crippen LogP contribution in [0.25, 0.3) is 0 Å². The maximum Gasteiger partial charge on any atom is 0.150 e. The first-order chi connectivity index (χ1) is 8.95. The molecule has 1 aromatic rings. The van der Waals surface area contributed by atoms with Crippen LogP contribution in [0.15, 0.2) is 28.3 Å². The number of benzene rings is 1. The Balaban J connectivity index is 2.02. The number of anilines is 1. The van der Waals surface area contributed by atoms with E-state index in [2.05, 4.69) is 41.2 Å². The average Bonchev–Trinajstić information content (AvgIpc) is 2.25. The lowest BCUT2D eigenvalue weighted by atomic mass is 9.84. The van der Waals surface area contributed by atoms with Gasteiger partial charge in [0.1, 0.15) is 17.3 Å². The zero-order valence-electron chi connectivity index (χ0n) is 11.1. The fourth-order valence-corrected chi connectivity index (χ4v) is 3.20. The second-order valence-electron chi connectivity index (χ2n) is 5.42. The third kappa shape index (κ3) is 3.78. The maximum atomic E-state index is 13.7. The first-order valence-electron chi connectivity index (χ1n) is 6.51. The summed E-state index contributed by atoms with van der Waals surface area (Å²) in [6, 6.07) is 2.56. The van der Waals surface area contributed by atoms with Gasteiger partial charge < -0.3 is 5.32 Å². The Morgan fingerprint density at radius 3 is 2.53 bits per heavy atom. The molecule has 0 fully saturated rings. The monoisotopic (exact) mass is 329 g/mol. The Morgan fingerprint density at radius 1 is 1.32 bits per heavy atom. The van der Waals surface area contributed by atoms with Crippen molar-refractivity contribution in [3.8, 4) is 0 Å². The number of halogens is 3. The van der Waals surface area contributed by atoms with Crippen LogP contribution in [0.1, 0.15) is 26.7 Å². The van der Waals surface area contributed by atoms with Gasteiger partial charge in [0.25, 0.3) is 0 Å². The SMILES string of the molecule is CC1=CC(C)CC(CNc2c(F)cc(Br)cc2F)C1. The molecule has 2 unspecified atom stereocenters. The van der Waals surface area contributed by atoms with Crippen molar-refractivity contribution in [1.29, 1.82) is 0 Å². The highest BCUT2D eigenvalue weighted by molar-refractivity contribution is 9.10. The van der Waals surface area contributed by atoms with Gasteiger partial charge in [0.2, 0.25) is 0 Å². The molecule has 0 saturated heterocycles. The summed E-state index contributed by atoms with van der Waals surface area (Å²) in [4.78, 5) is 0. The van der Waals surface area contributed by atoms with Crippen LogP contribution in [0.2, 0.25) is 0 Å². The van der Waals surface area contributed by atoms with E-state index < -0.39 is 11.6 Å². The molecule has 0 aliphatic heterocycles. The first kappa shape index (κ1) is 14.5. The smallest absolute Gasteiger partial charge is 0.150 e. The van der Waals surface area contributed by atoms with Gasteiger partial charge in [-0.2, -0.15) is 0 Å². The molecule has 0 spiro atoms. The molecule has 1 nitrogen and oxygen atoms in total. The van der Waals surface area contributed by atoms with E-state index >= 15 is 0 Å². The van der Waals surface area contributed by atoms with Crippen molar-refractivity contribution in [3.05, 3.63) is 39.9 Å². The normalized spacial score (nSPS) is 23.1. The summed E-state index contributed by atoms with van der Waals surface area (Å²) < 4.78 is 27.8. The summed E-state index contributed by atoms with van der Waals surface area (Å²) >= 11 is 3.08. The van der Waals surface area contributed by atoms with E-state index in [1.165, 1.54) is 17.7 Å². The lowest BCUT2D eigenvalue weighted by Crippen LogP contribution is -2.21. The molecule has 1 aliphatic carbocycles. The third-order valence-corrected chi connectivity index (χ3v) is 3.92. The van der Waals surface area contributed by atoms with Gasteiger partial charge >= 0.3 is 0 Å². The molecule has 0 amide bonds. The van der Waals surface area contributed by atoms with Crippen molar-refractivity contribution in [3.63, 3.8) is 0 Å². The Hall–Kier alpha value is -0.900. The van der Waals surface area contributed by atoms with E-state index in [0.29, 0.717) is 22.9 Å². The topological polar surface area (TPSA) is 12.0 Å². The minimum Gasteiger partial charge on any atom is -0.380 e. The molecule has 0 saturated carbocycles. The zero-order valence-corrected chi connectivity index (χ0v) is 12.7. The minimum atomic E-state index is -0.553. The van der Waals surface area contributed by atoms with Crippen molar-refractivity contribution >= 4 is 21.6 Å². The van der Waals surface area contributed by atoms with Crippen LogP contribution in [0.4, 0.5) is 14.5 Å². The van der Waals surface area contributed by atoms with E-state index in [1.807, 2.05) is 0 Å². The first-order valence-corrected chi connectivity index (χ1v) is 7.30. The summed E-state index contributed by atoms with van der Waals surface area (Å²) in [5, 5.41) is 2.92. The van der Waals surface area contributed by atoms with Gasteiger partial charge in [0.05, 0.1) is 0 Å². The van der Waals surface area contributed by atoms with Gasteiger partial charge in [0.15, 0.2) is 0 Å². The predicted octanol–water partition coefficient (Wildman–Crippen LogP) is 5.13. The average molecular weight is 330 g/mol. The molecule has 0 heterocycles. The fourth-order valence-electron chi connectivity index (χ4n) is 2.80. The molecular formula is C15H18BrF2N. The van der Waals surface area contributed by atoms with E-state index in [9.17, 15) is 8.78 Å². The fraction of sp³-hybridized carbons (Fsp3) is 0.467. The lowest BCUT2D eigenvalue weighted by Gasteiger charge is -2.26. The molecule has 1 N–H and O–H groups in total. The second kappa shape index (κ2) is 6.04. The Kier molecular flexibility index (Phi) is 4.61. The molecule has 0 bridgehead atoms. The van der Waals surface area contributed by atoms with Crippen molar-refractivity contribution in [2.75, 3.05) is 11.9 Å². The minimum absolute atomic E-state index is 0.0249. The summed E-state index contributed by atoms with van der Waals surface area (Å²) in [5.74, 6) is -0.131. The Bertz CT molecular complexity index is 476. The number of allylic oxidation sites excluding steroid dienone is 2. The third-order valence-electron chi connectivity index (χ3n) is 3.46. The molecule has 2 rings (SSSR count). The molecule has 4 heteroatoms. The molecule has 1 aliphatic rings. The van der Waals surface area contributed by atoms with Crippen LogP contribution < -0.4 is 5.32 Å². The summed E-state index contributed by atoms with van der Waals surface area (Å²) in [5.41, 5.74) is 1.34. The predicted molar refractivity (Wildman–Crippen MR) is 78.2 cm³/mol. The summed E-state index contributed by atoms with van der Waals surface area (Å²) in [6.45, 7) is 4.89. The van der Waals surface area contributed by atoms with Gasteiger partial charge in [-0.15, -0.1) is 0 Å². The molecular weight excluding hydrogens is 312 g/mol. The highest BCUT2D eigenvalue weighted by Gasteiger charge is 2.19. The highest BCUT2D eigenvalue weighted by Crippen LogP contribution is 2.29. The summed E-state index contributed by atoms with van der Waals surface area (Å²) in [6.07, 6.45) is 4.33. The number of nitrogens with one attached hydrogen (secondary N) is 1. The number of rotatable bonds is 3. The number of hydrogen-bond donors (Lipinski definition) is 1. The van der Waals surface area contributed by atoms with Gasteiger partial charge in [-0.05, 0) is 43.7 Å².